The normalized spacial score (nSPS) is 11.0. The van der Waals surface area contributed by atoms with Crippen molar-refractivity contribution in [2.24, 2.45) is 0 Å². The summed E-state index contributed by atoms with van der Waals surface area (Å²) in [5, 5.41) is 6.37. The quantitative estimate of drug-likeness (QED) is 0.324. The second-order valence-corrected chi connectivity index (χ2v) is 9.18. The molecule has 0 fully saturated rings. The number of para-hydroxylation sites is 1. The van der Waals surface area contributed by atoms with Gasteiger partial charge in [0.2, 0.25) is 5.91 Å². The number of carbonyl (C=O) groups excluding carboxylic acids is 2. The third kappa shape index (κ3) is 5.40. The van der Waals surface area contributed by atoms with Gasteiger partial charge in [0, 0.05) is 54.6 Å². The maximum absolute atomic E-state index is 15.4. The van der Waals surface area contributed by atoms with Gasteiger partial charge < -0.3 is 25.3 Å². The molecule has 3 N–H and O–H groups in total. The predicted octanol–water partition coefficient (Wildman–Crippen LogP) is 4.68. The van der Waals surface area contributed by atoms with Crippen molar-refractivity contribution in [3.05, 3.63) is 66.2 Å². The Hall–Kier alpha value is -4.40. The molecule has 0 saturated carbocycles. The molecule has 0 aliphatic heterocycles. The smallest absolute Gasteiger partial charge is 0.255 e. The van der Waals surface area contributed by atoms with Crippen LogP contribution >= 0.6 is 0 Å². The number of aromatic amines is 1. The number of hydrogen-bond donors (Lipinski definition) is 3. The number of methoxy groups -OCH3 is 1. The van der Waals surface area contributed by atoms with Gasteiger partial charge in [-0.15, -0.1) is 0 Å². The second-order valence-electron chi connectivity index (χ2n) is 9.18. The third-order valence-electron chi connectivity index (χ3n) is 5.86. The summed E-state index contributed by atoms with van der Waals surface area (Å²) < 4.78 is 20.9. The van der Waals surface area contributed by atoms with Crippen LogP contribution in [0, 0.1) is 5.82 Å². The molecule has 0 aliphatic rings. The lowest BCUT2D eigenvalue weighted by Crippen LogP contribution is -2.35. The van der Waals surface area contributed by atoms with E-state index in [1.165, 1.54) is 11.0 Å². The molecule has 2 heterocycles. The molecule has 4 rings (SSSR count). The SMILES string of the molecule is COc1ccccc1-c1c[nH]c2ncc(-c3cc(F)c(NCC(=O)NC(C)C)c(C(=O)N(C)C)c3)cc12. The van der Waals surface area contributed by atoms with Gasteiger partial charge in [-0.2, -0.15) is 0 Å². The summed E-state index contributed by atoms with van der Waals surface area (Å²) >= 11 is 0. The van der Waals surface area contributed by atoms with Gasteiger partial charge in [0.05, 0.1) is 24.9 Å². The minimum atomic E-state index is -0.640. The van der Waals surface area contributed by atoms with Gasteiger partial charge in [-0.1, -0.05) is 18.2 Å². The number of benzene rings is 2. The lowest BCUT2D eigenvalue weighted by molar-refractivity contribution is -0.119. The zero-order chi connectivity index (χ0) is 26.7. The molecule has 4 aromatic rings. The number of aromatic nitrogens is 2. The van der Waals surface area contributed by atoms with Gasteiger partial charge in [0.25, 0.3) is 5.91 Å². The van der Waals surface area contributed by atoms with Gasteiger partial charge in [-0.05, 0) is 43.7 Å². The lowest BCUT2D eigenvalue weighted by atomic mass is 9.99. The lowest BCUT2D eigenvalue weighted by Gasteiger charge is -2.18. The van der Waals surface area contributed by atoms with Crippen molar-refractivity contribution in [3.63, 3.8) is 0 Å². The minimum Gasteiger partial charge on any atom is -0.496 e. The molecule has 0 saturated heterocycles. The van der Waals surface area contributed by atoms with Crippen LogP contribution < -0.4 is 15.4 Å². The van der Waals surface area contributed by atoms with Gasteiger partial charge in [0.1, 0.15) is 17.2 Å². The van der Waals surface area contributed by atoms with E-state index in [-0.39, 0.29) is 29.7 Å². The molecule has 0 unspecified atom stereocenters. The van der Waals surface area contributed by atoms with Gasteiger partial charge >= 0.3 is 0 Å². The van der Waals surface area contributed by atoms with Crippen LogP contribution in [0.4, 0.5) is 10.1 Å². The van der Waals surface area contributed by atoms with Crippen LogP contribution in [0.3, 0.4) is 0 Å². The first-order chi connectivity index (χ1) is 17.7. The predicted molar refractivity (Wildman–Crippen MR) is 143 cm³/mol. The van der Waals surface area contributed by atoms with E-state index in [1.807, 2.05) is 50.4 Å². The zero-order valence-electron chi connectivity index (χ0n) is 21.5. The molecule has 0 spiro atoms. The molecule has 0 aliphatic carbocycles. The topological polar surface area (TPSA) is 99.3 Å². The Balaban J connectivity index is 1.78. The van der Waals surface area contributed by atoms with E-state index in [0.717, 1.165) is 22.3 Å². The van der Waals surface area contributed by atoms with E-state index in [0.29, 0.717) is 16.8 Å². The molecule has 0 atom stereocenters. The maximum atomic E-state index is 15.4. The van der Waals surface area contributed by atoms with Crippen LogP contribution in [0.2, 0.25) is 0 Å². The fourth-order valence-electron chi connectivity index (χ4n) is 4.16. The highest BCUT2D eigenvalue weighted by Crippen LogP contribution is 2.37. The molecule has 0 bridgehead atoms. The Kier molecular flexibility index (Phi) is 7.42. The Labute approximate surface area is 214 Å². The van der Waals surface area contributed by atoms with Crippen molar-refractivity contribution in [2.75, 3.05) is 33.1 Å². The average molecular weight is 504 g/mol. The molecule has 37 heavy (non-hydrogen) atoms. The number of pyridine rings is 1. The van der Waals surface area contributed by atoms with Crippen molar-refractivity contribution < 1.29 is 18.7 Å². The van der Waals surface area contributed by atoms with Crippen LogP contribution in [0.1, 0.15) is 24.2 Å². The van der Waals surface area contributed by atoms with Crippen molar-refractivity contribution in [1.82, 2.24) is 20.2 Å². The standard InChI is InChI=1S/C28H30FN5O3/c1-16(2)33-25(35)15-30-26-21(28(36)34(3)4)10-17(12-23(26)29)18-11-20-22(14-32-27(20)31-13-18)19-8-6-7-9-24(19)37-5/h6-14,16,30H,15H2,1-5H3,(H,31,32)(H,33,35). The van der Waals surface area contributed by atoms with Crippen molar-refractivity contribution in [2.45, 2.75) is 19.9 Å². The number of nitrogens with zero attached hydrogens (tertiary/aromatic N) is 2. The molecule has 8 nitrogen and oxygen atoms in total. The van der Waals surface area contributed by atoms with Crippen LogP contribution in [-0.2, 0) is 4.79 Å². The highest BCUT2D eigenvalue weighted by atomic mass is 19.1. The molecular formula is C28H30FN5O3. The third-order valence-corrected chi connectivity index (χ3v) is 5.86. The van der Waals surface area contributed by atoms with Crippen molar-refractivity contribution >= 4 is 28.5 Å². The van der Waals surface area contributed by atoms with E-state index in [1.54, 1.807) is 33.5 Å². The van der Waals surface area contributed by atoms with E-state index in [4.69, 9.17) is 4.74 Å². The number of H-pyrrole nitrogens is 1. The number of carbonyl (C=O) groups is 2. The minimum absolute atomic E-state index is 0.0215. The van der Waals surface area contributed by atoms with Crippen LogP contribution in [0.5, 0.6) is 5.75 Å². The molecule has 192 valence electrons. The molecule has 2 amide bonds. The number of ether oxygens (including phenoxy) is 1. The molecule has 2 aromatic heterocycles. The summed E-state index contributed by atoms with van der Waals surface area (Å²) in [6.07, 6.45) is 3.49. The van der Waals surface area contributed by atoms with Gasteiger partial charge in [-0.3, -0.25) is 9.59 Å². The highest BCUT2D eigenvalue weighted by molar-refractivity contribution is 6.02. The van der Waals surface area contributed by atoms with Crippen LogP contribution in [0.15, 0.2) is 54.9 Å². The van der Waals surface area contributed by atoms with Gasteiger partial charge in [-0.25, -0.2) is 9.37 Å². The Morgan fingerprint density at radius 2 is 1.86 bits per heavy atom. The Bertz CT molecular complexity index is 1460. The molecule has 0 radical (unpaired) electrons. The fourth-order valence-corrected chi connectivity index (χ4v) is 4.16. The summed E-state index contributed by atoms with van der Waals surface area (Å²) in [5.41, 5.74) is 3.68. The Morgan fingerprint density at radius 3 is 2.57 bits per heavy atom. The molecular weight excluding hydrogens is 473 g/mol. The van der Waals surface area contributed by atoms with E-state index in [9.17, 15) is 9.59 Å². The summed E-state index contributed by atoms with van der Waals surface area (Å²) in [6.45, 7) is 3.51. The first kappa shape index (κ1) is 25.7. The number of amides is 2. The van der Waals surface area contributed by atoms with Gasteiger partial charge in [0.15, 0.2) is 0 Å². The Morgan fingerprint density at radius 1 is 1.11 bits per heavy atom. The zero-order valence-corrected chi connectivity index (χ0v) is 21.5. The van der Waals surface area contributed by atoms with Crippen LogP contribution in [-0.4, -0.2) is 60.5 Å². The van der Waals surface area contributed by atoms with Crippen LogP contribution in [0.25, 0.3) is 33.3 Å². The highest BCUT2D eigenvalue weighted by Gasteiger charge is 2.21. The number of halogens is 1. The van der Waals surface area contributed by atoms with E-state index in [2.05, 4.69) is 20.6 Å². The summed E-state index contributed by atoms with van der Waals surface area (Å²) in [5.74, 6) is -0.611. The second kappa shape index (κ2) is 10.7. The molecule has 2 aromatic carbocycles. The fraction of sp³-hybridized carbons (Fsp3) is 0.250. The van der Waals surface area contributed by atoms with E-state index >= 15 is 4.39 Å². The molecule has 9 heteroatoms. The summed E-state index contributed by atoms with van der Waals surface area (Å²) in [6, 6.07) is 12.5. The monoisotopic (exact) mass is 503 g/mol. The first-order valence-electron chi connectivity index (χ1n) is 11.9. The van der Waals surface area contributed by atoms with Crippen molar-refractivity contribution in [3.8, 4) is 28.0 Å². The largest absolute Gasteiger partial charge is 0.496 e. The number of nitrogens with one attached hydrogen (secondary N) is 3. The number of hydrogen-bond acceptors (Lipinski definition) is 5. The maximum Gasteiger partial charge on any atom is 0.255 e. The van der Waals surface area contributed by atoms with E-state index < -0.39 is 11.7 Å². The summed E-state index contributed by atoms with van der Waals surface area (Å²) in [4.78, 5) is 34.2. The number of fused-ring (bicyclic) bond motifs is 1. The number of rotatable bonds is 8. The first-order valence-corrected chi connectivity index (χ1v) is 11.9. The van der Waals surface area contributed by atoms with Crippen molar-refractivity contribution in [1.29, 1.82) is 0 Å². The summed E-state index contributed by atoms with van der Waals surface area (Å²) in [7, 11) is 4.80. The number of anilines is 1. The average Bonchev–Trinajstić information content (AvgIpc) is 3.29.